The zero-order valence-electron chi connectivity index (χ0n) is 21.6. The molecule has 0 bridgehead atoms. The van der Waals surface area contributed by atoms with Crippen molar-refractivity contribution in [3.63, 3.8) is 0 Å². The number of carbonyl (C=O) groups excluding carboxylic acids is 1. The van der Waals surface area contributed by atoms with Crippen molar-refractivity contribution < 1.29 is 4.79 Å². The van der Waals surface area contributed by atoms with Crippen LogP contribution < -0.4 is 5.56 Å². The van der Waals surface area contributed by atoms with Gasteiger partial charge in [-0.25, -0.2) is 4.68 Å². The lowest BCUT2D eigenvalue weighted by Gasteiger charge is -2.37. The molecule has 0 saturated carbocycles. The Morgan fingerprint density at radius 2 is 1.51 bits per heavy atom. The van der Waals surface area contributed by atoms with Crippen molar-refractivity contribution in [2.75, 3.05) is 0 Å². The molecule has 1 unspecified atom stereocenters. The number of nitrogens with zero attached hydrogens (tertiary/aromatic N) is 3. The third-order valence-electron chi connectivity index (χ3n) is 8.40. The molecular formula is C32H33N3O2. The number of fused-ring (bicyclic) bond motifs is 2. The van der Waals surface area contributed by atoms with Crippen molar-refractivity contribution >= 4 is 5.91 Å². The van der Waals surface area contributed by atoms with Crippen LogP contribution in [0.3, 0.4) is 0 Å². The molecule has 6 rings (SSSR count). The fraction of sp³-hybridized carbons (Fsp3) is 0.312. The van der Waals surface area contributed by atoms with Gasteiger partial charge in [0.1, 0.15) is 0 Å². The number of hydrogen-bond acceptors (Lipinski definition) is 2. The zero-order chi connectivity index (χ0) is 25.5. The van der Waals surface area contributed by atoms with Gasteiger partial charge in [0.05, 0.1) is 23.8 Å². The molecule has 5 nitrogen and oxygen atoms in total. The number of hydrogen-bond donors (Lipinski definition) is 0. The van der Waals surface area contributed by atoms with Crippen LogP contribution in [0.1, 0.15) is 52.4 Å². The standard InChI is InChI=1S/C32H33N3O2/c1-22-29(32(37)35(33(22)2)27-15-4-3-5-16-27)21-34(30-18-10-14-23-11-8-9-17-28(23)30)31(36)26-19-24-12-6-7-13-25(24)20-26/h3-9,11-13,15-17,26,30H,10,14,18-21H2,1-2H3. The zero-order valence-corrected chi connectivity index (χ0v) is 21.6. The van der Waals surface area contributed by atoms with Gasteiger partial charge in [-0.15, -0.1) is 0 Å². The molecule has 37 heavy (non-hydrogen) atoms. The molecule has 1 heterocycles. The maximum Gasteiger partial charge on any atom is 0.276 e. The maximum atomic E-state index is 14.3. The van der Waals surface area contributed by atoms with Gasteiger partial charge in [-0.3, -0.25) is 14.3 Å². The molecule has 4 aromatic rings. The van der Waals surface area contributed by atoms with Crippen molar-refractivity contribution in [3.8, 4) is 5.69 Å². The van der Waals surface area contributed by atoms with E-state index in [2.05, 4.69) is 48.5 Å². The molecule has 0 saturated heterocycles. The van der Waals surface area contributed by atoms with Gasteiger partial charge in [-0.2, -0.15) is 0 Å². The van der Waals surface area contributed by atoms with Crippen LogP contribution in [0.4, 0.5) is 0 Å². The predicted octanol–water partition coefficient (Wildman–Crippen LogP) is 5.31. The Bertz CT molecular complexity index is 1490. The van der Waals surface area contributed by atoms with Gasteiger partial charge in [0.15, 0.2) is 0 Å². The second kappa shape index (κ2) is 9.55. The molecule has 2 aliphatic carbocycles. The van der Waals surface area contributed by atoms with E-state index >= 15 is 0 Å². The summed E-state index contributed by atoms with van der Waals surface area (Å²) in [5, 5.41) is 0. The molecule has 0 spiro atoms. The number of aromatic nitrogens is 2. The first-order chi connectivity index (χ1) is 18.0. The summed E-state index contributed by atoms with van der Waals surface area (Å²) in [6.45, 7) is 2.31. The quantitative estimate of drug-likeness (QED) is 0.380. The van der Waals surface area contributed by atoms with Crippen molar-refractivity contribution in [1.82, 2.24) is 14.3 Å². The van der Waals surface area contributed by atoms with E-state index in [1.54, 1.807) is 4.68 Å². The molecule has 0 aliphatic heterocycles. The van der Waals surface area contributed by atoms with E-state index in [0.29, 0.717) is 12.1 Å². The molecule has 1 amide bonds. The third-order valence-corrected chi connectivity index (χ3v) is 8.40. The Hall–Kier alpha value is -3.86. The number of para-hydroxylation sites is 1. The molecule has 1 atom stereocenters. The van der Waals surface area contributed by atoms with Crippen molar-refractivity contribution in [2.45, 2.75) is 51.6 Å². The first-order valence-electron chi connectivity index (χ1n) is 13.3. The summed E-state index contributed by atoms with van der Waals surface area (Å²) in [7, 11) is 1.92. The molecule has 3 aromatic carbocycles. The Balaban J connectivity index is 1.41. The lowest BCUT2D eigenvalue weighted by Crippen LogP contribution is -2.41. The highest BCUT2D eigenvalue weighted by Gasteiger charge is 2.37. The van der Waals surface area contributed by atoms with Crippen LogP contribution >= 0.6 is 0 Å². The summed E-state index contributed by atoms with van der Waals surface area (Å²) in [6.07, 6.45) is 4.53. The first-order valence-corrected chi connectivity index (χ1v) is 13.3. The highest BCUT2D eigenvalue weighted by atomic mass is 16.2. The van der Waals surface area contributed by atoms with Gasteiger partial charge < -0.3 is 4.90 Å². The lowest BCUT2D eigenvalue weighted by atomic mass is 9.86. The second-order valence-electron chi connectivity index (χ2n) is 10.5. The minimum Gasteiger partial charge on any atom is -0.331 e. The highest BCUT2D eigenvalue weighted by molar-refractivity contribution is 5.81. The molecule has 188 valence electrons. The summed E-state index contributed by atoms with van der Waals surface area (Å²) in [6, 6.07) is 26.6. The summed E-state index contributed by atoms with van der Waals surface area (Å²) >= 11 is 0. The van der Waals surface area contributed by atoms with E-state index < -0.39 is 0 Å². The SMILES string of the molecule is Cc1c(CN(C(=O)C2Cc3ccccc3C2)C2CCCc3ccccc32)c(=O)n(-c2ccccc2)n1C. The number of benzene rings is 3. The van der Waals surface area contributed by atoms with Gasteiger partial charge in [0.2, 0.25) is 5.91 Å². The summed E-state index contributed by atoms with van der Waals surface area (Å²) in [5.41, 5.74) is 7.45. The Morgan fingerprint density at radius 1 is 0.892 bits per heavy atom. The summed E-state index contributed by atoms with van der Waals surface area (Å²) < 4.78 is 3.63. The van der Waals surface area contributed by atoms with Gasteiger partial charge >= 0.3 is 0 Å². The van der Waals surface area contributed by atoms with E-state index in [0.717, 1.165) is 43.5 Å². The Kier molecular flexibility index (Phi) is 6.07. The van der Waals surface area contributed by atoms with Crippen LogP contribution in [0.5, 0.6) is 0 Å². The van der Waals surface area contributed by atoms with Crippen LogP contribution in [-0.4, -0.2) is 20.2 Å². The molecule has 5 heteroatoms. The van der Waals surface area contributed by atoms with Crippen LogP contribution in [0, 0.1) is 12.8 Å². The van der Waals surface area contributed by atoms with Crippen LogP contribution in [0.15, 0.2) is 83.7 Å². The minimum atomic E-state index is -0.0909. The number of carbonyl (C=O) groups is 1. The van der Waals surface area contributed by atoms with Crippen molar-refractivity contribution in [1.29, 1.82) is 0 Å². The first kappa shape index (κ1) is 23.5. The average Bonchev–Trinajstić information content (AvgIpc) is 3.46. The van der Waals surface area contributed by atoms with Gasteiger partial charge in [0, 0.05) is 18.7 Å². The van der Waals surface area contributed by atoms with E-state index in [9.17, 15) is 9.59 Å². The van der Waals surface area contributed by atoms with Crippen molar-refractivity contribution in [3.05, 3.63) is 123 Å². The van der Waals surface area contributed by atoms with Gasteiger partial charge in [-0.1, -0.05) is 66.7 Å². The van der Waals surface area contributed by atoms with E-state index in [1.807, 2.05) is 53.9 Å². The molecule has 0 radical (unpaired) electrons. The van der Waals surface area contributed by atoms with Gasteiger partial charge in [-0.05, 0) is 73.4 Å². The molecule has 0 fully saturated rings. The Labute approximate surface area is 218 Å². The highest BCUT2D eigenvalue weighted by Crippen LogP contribution is 2.38. The molecule has 2 aliphatic rings. The second-order valence-corrected chi connectivity index (χ2v) is 10.5. The number of amides is 1. The van der Waals surface area contributed by atoms with Crippen LogP contribution in [-0.2, 0) is 37.6 Å². The lowest BCUT2D eigenvalue weighted by molar-refractivity contribution is -0.139. The van der Waals surface area contributed by atoms with Gasteiger partial charge in [0.25, 0.3) is 5.56 Å². The topological polar surface area (TPSA) is 47.2 Å². The van der Waals surface area contributed by atoms with Crippen molar-refractivity contribution in [2.24, 2.45) is 13.0 Å². The Morgan fingerprint density at radius 3 is 2.22 bits per heavy atom. The number of aryl methyl sites for hydroxylation is 1. The maximum absolute atomic E-state index is 14.3. The summed E-state index contributed by atoms with van der Waals surface area (Å²) in [4.78, 5) is 30.2. The predicted molar refractivity (Wildman–Crippen MR) is 146 cm³/mol. The largest absolute Gasteiger partial charge is 0.331 e. The van der Waals surface area contributed by atoms with E-state index in [-0.39, 0.29) is 23.4 Å². The molecular weight excluding hydrogens is 458 g/mol. The number of rotatable bonds is 5. The molecule has 0 N–H and O–H groups in total. The fourth-order valence-corrected chi connectivity index (χ4v) is 6.34. The smallest absolute Gasteiger partial charge is 0.276 e. The third kappa shape index (κ3) is 4.12. The van der Waals surface area contributed by atoms with Crippen LogP contribution in [0.25, 0.3) is 5.69 Å². The monoisotopic (exact) mass is 491 g/mol. The van der Waals surface area contributed by atoms with Crippen LogP contribution in [0.2, 0.25) is 0 Å². The van der Waals surface area contributed by atoms with E-state index in [4.69, 9.17) is 0 Å². The average molecular weight is 492 g/mol. The summed E-state index contributed by atoms with van der Waals surface area (Å²) in [5.74, 6) is 0.0682. The minimum absolute atomic E-state index is 0.0228. The molecule has 1 aromatic heterocycles. The fourth-order valence-electron chi connectivity index (χ4n) is 6.34. The normalized spacial score (nSPS) is 16.9. The van der Waals surface area contributed by atoms with E-state index in [1.165, 1.54) is 22.3 Å².